The molecular weight excluding hydrogens is 479 g/mol. The molecule has 5 nitrogen and oxygen atoms in total. The van der Waals surface area contributed by atoms with Gasteiger partial charge in [0.05, 0.1) is 18.2 Å². The summed E-state index contributed by atoms with van der Waals surface area (Å²) in [7, 11) is 0. The Bertz CT molecular complexity index is 1350. The summed E-state index contributed by atoms with van der Waals surface area (Å²) in [4.78, 5) is 27.7. The maximum atomic E-state index is 14.5. The molecule has 0 unspecified atom stereocenters. The van der Waals surface area contributed by atoms with Crippen molar-refractivity contribution >= 4 is 34.8 Å². The summed E-state index contributed by atoms with van der Waals surface area (Å²) in [6.07, 6.45) is 0. The van der Waals surface area contributed by atoms with Crippen LogP contribution in [0.25, 0.3) is 0 Å². The summed E-state index contributed by atoms with van der Waals surface area (Å²) in [6.45, 7) is -0.233. The average Bonchev–Trinajstić information content (AvgIpc) is 2.89. The zero-order valence-corrected chi connectivity index (χ0v) is 19.9. The topological polar surface area (TPSA) is 58.6 Å². The highest BCUT2D eigenvalue weighted by Crippen LogP contribution is 2.37. The Morgan fingerprint density at radius 3 is 2.25 bits per heavy atom. The molecule has 7 heteroatoms. The lowest BCUT2D eigenvalue weighted by Crippen LogP contribution is -2.38. The smallest absolute Gasteiger partial charge is 0.265 e. The lowest BCUT2D eigenvalue weighted by molar-refractivity contribution is -0.121. The third-order valence-corrected chi connectivity index (χ3v) is 6.43. The molecular formula is C29H22ClFN2O3. The van der Waals surface area contributed by atoms with Crippen LogP contribution >= 0.6 is 11.6 Å². The standard InChI is InChI=1S/C29H22ClFN2O3/c30-23-12-7-13-24(31)22(23)17-33-25-16-21(14-15-26(25)36-18-27(33)34)32-29(35)28(19-8-3-1-4-9-19)20-10-5-2-6-11-20/h1-16,28H,17-18H2,(H,32,35). The number of amides is 2. The fraction of sp³-hybridized carbons (Fsp3) is 0.103. The Labute approximate surface area is 213 Å². The van der Waals surface area contributed by atoms with E-state index in [4.69, 9.17) is 16.3 Å². The fourth-order valence-corrected chi connectivity index (χ4v) is 4.52. The van der Waals surface area contributed by atoms with Gasteiger partial charge >= 0.3 is 0 Å². The Balaban J connectivity index is 1.46. The maximum Gasteiger partial charge on any atom is 0.265 e. The Hall–Kier alpha value is -4.16. The first-order chi connectivity index (χ1) is 17.5. The molecule has 36 heavy (non-hydrogen) atoms. The minimum Gasteiger partial charge on any atom is -0.482 e. The van der Waals surface area contributed by atoms with Crippen molar-refractivity contribution in [3.63, 3.8) is 0 Å². The molecule has 0 atom stereocenters. The molecule has 0 fully saturated rings. The fourth-order valence-electron chi connectivity index (χ4n) is 4.30. The van der Waals surface area contributed by atoms with E-state index in [9.17, 15) is 14.0 Å². The van der Waals surface area contributed by atoms with Crippen molar-refractivity contribution in [1.29, 1.82) is 0 Å². The third kappa shape index (κ3) is 4.81. The molecule has 2 amide bonds. The second kappa shape index (κ2) is 10.2. The summed E-state index contributed by atoms with van der Waals surface area (Å²) in [5.41, 5.74) is 2.84. The van der Waals surface area contributed by atoms with Gasteiger partial charge in [-0.1, -0.05) is 78.3 Å². The van der Waals surface area contributed by atoms with Crippen molar-refractivity contribution in [3.8, 4) is 5.75 Å². The lowest BCUT2D eigenvalue weighted by Gasteiger charge is -2.30. The molecule has 0 spiro atoms. The van der Waals surface area contributed by atoms with E-state index in [2.05, 4.69) is 5.32 Å². The van der Waals surface area contributed by atoms with E-state index in [0.29, 0.717) is 17.1 Å². The summed E-state index contributed by atoms with van der Waals surface area (Å²) in [5, 5.41) is 3.21. The van der Waals surface area contributed by atoms with Crippen molar-refractivity contribution in [2.24, 2.45) is 0 Å². The number of ether oxygens (including phenoxy) is 1. The van der Waals surface area contributed by atoms with Gasteiger partial charge < -0.3 is 15.0 Å². The van der Waals surface area contributed by atoms with E-state index in [-0.39, 0.29) is 35.6 Å². The molecule has 0 radical (unpaired) electrons. The van der Waals surface area contributed by atoms with Crippen LogP contribution in [0.15, 0.2) is 97.1 Å². The van der Waals surface area contributed by atoms with E-state index >= 15 is 0 Å². The number of benzene rings is 4. The molecule has 1 N–H and O–H groups in total. The zero-order chi connectivity index (χ0) is 25.1. The van der Waals surface area contributed by atoms with E-state index in [1.807, 2.05) is 60.7 Å². The molecule has 0 saturated carbocycles. The van der Waals surface area contributed by atoms with Crippen LogP contribution in [0.4, 0.5) is 15.8 Å². The second-order valence-electron chi connectivity index (χ2n) is 8.39. The monoisotopic (exact) mass is 500 g/mol. The highest BCUT2D eigenvalue weighted by molar-refractivity contribution is 6.31. The molecule has 1 aliphatic rings. The number of nitrogens with one attached hydrogen (secondary N) is 1. The third-order valence-electron chi connectivity index (χ3n) is 6.08. The number of halogens is 2. The second-order valence-corrected chi connectivity index (χ2v) is 8.80. The van der Waals surface area contributed by atoms with E-state index in [1.165, 1.54) is 17.0 Å². The van der Waals surface area contributed by atoms with Gasteiger partial charge in [-0.2, -0.15) is 0 Å². The van der Waals surface area contributed by atoms with Gasteiger partial charge in [0, 0.05) is 16.3 Å². The Morgan fingerprint density at radius 2 is 1.61 bits per heavy atom. The molecule has 1 heterocycles. The van der Waals surface area contributed by atoms with Crippen LogP contribution < -0.4 is 15.0 Å². The van der Waals surface area contributed by atoms with Crippen LogP contribution in [0.5, 0.6) is 5.75 Å². The van der Waals surface area contributed by atoms with E-state index < -0.39 is 11.7 Å². The first-order valence-corrected chi connectivity index (χ1v) is 11.8. The van der Waals surface area contributed by atoms with Gasteiger partial charge in [-0.3, -0.25) is 9.59 Å². The molecule has 1 aliphatic heterocycles. The number of carbonyl (C=O) groups is 2. The quantitative estimate of drug-likeness (QED) is 0.344. The highest BCUT2D eigenvalue weighted by atomic mass is 35.5. The van der Waals surface area contributed by atoms with Crippen molar-refractivity contribution in [2.75, 3.05) is 16.8 Å². The number of fused-ring (bicyclic) bond motifs is 1. The van der Waals surface area contributed by atoms with Crippen molar-refractivity contribution in [3.05, 3.63) is 125 Å². The number of carbonyl (C=O) groups excluding carboxylic acids is 2. The predicted octanol–water partition coefficient (Wildman–Crippen LogP) is 6.18. The number of hydrogen-bond donors (Lipinski definition) is 1. The molecule has 0 aromatic heterocycles. The normalized spacial score (nSPS) is 12.8. The molecule has 180 valence electrons. The van der Waals surface area contributed by atoms with Crippen LogP contribution in [0.3, 0.4) is 0 Å². The van der Waals surface area contributed by atoms with E-state index in [0.717, 1.165) is 11.1 Å². The Morgan fingerprint density at radius 1 is 0.944 bits per heavy atom. The van der Waals surface area contributed by atoms with Crippen LogP contribution in [-0.2, 0) is 16.1 Å². The molecule has 4 aromatic carbocycles. The molecule has 4 aromatic rings. The average molecular weight is 501 g/mol. The number of hydrogen-bond acceptors (Lipinski definition) is 3. The highest BCUT2D eigenvalue weighted by Gasteiger charge is 2.28. The summed E-state index contributed by atoms with van der Waals surface area (Å²) < 4.78 is 20.0. The first-order valence-electron chi connectivity index (χ1n) is 11.4. The van der Waals surface area contributed by atoms with Gasteiger partial charge in [0.1, 0.15) is 11.6 Å². The summed E-state index contributed by atoms with van der Waals surface area (Å²) in [5.74, 6) is -1.13. The van der Waals surface area contributed by atoms with Gasteiger partial charge in [0.15, 0.2) is 6.61 Å². The SMILES string of the molecule is O=C(Nc1ccc2c(c1)N(Cc1c(F)cccc1Cl)C(=O)CO2)C(c1ccccc1)c1ccccc1. The van der Waals surface area contributed by atoms with Gasteiger partial charge in [0.2, 0.25) is 5.91 Å². The van der Waals surface area contributed by atoms with Gasteiger partial charge in [0.25, 0.3) is 5.91 Å². The number of rotatable bonds is 6. The molecule has 0 bridgehead atoms. The lowest BCUT2D eigenvalue weighted by atomic mass is 9.90. The molecule has 0 saturated heterocycles. The number of nitrogens with zero attached hydrogens (tertiary/aromatic N) is 1. The van der Waals surface area contributed by atoms with Gasteiger partial charge in [-0.25, -0.2) is 4.39 Å². The van der Waals surface area contributed by atoms with Crippen LogP contribution in [0.2, 0.25) is 5.02 Å². The predicted molar refractivity (Wildman–Crippen MR) is 138 cm³/mol. The molecule has 5 rings (SSSR count). The van der Waals surface area contributed by atoms with Crippen molar-refractivity contribution in [1.82, 2.24) is 0 Å². The van der Waals surface area contributed by atoms with Crippen molar-refractivity contribution < 1.29 is 18.7 Å². The summed E-state index contributed by atoms with van der Waals surface area (Å²) >= 11 is 6.21. The molecule has 0 aliphatic carbocycles. The maximum absolute atomic E-state index is 14.5. The van der Waals surface area contributed by atoms with Crippen LogP contribution in [0, 0.1) is 5.82 Å². The van der Waals surface area contributed by atoms with Gasteiger partial charge in [-0.05, 0) is 41.5 Å². The largest absolute Gasteiger partial charge is 0.482 e. The Kier molecular flexibility index (Phi) is 6.69. The van der Waals surface area contributed by atoms with Gasteiger partial charge in [-0.15, -0.1) is 0 Å². The summed E-state index contributed by atoms with van der Waals surface area (Å²) in [6, 6.07) is 28.5. The van der Waals surface area contributed by atoms with Crippen LogP contribution in [0.1, 0.15) is 22.6 Å². The van der Waals surface area contributed by atoms with Crippen LogP contribution in [-0.4, -0.2) is 18.4 Å². The van der Waals surface area contributed by atoms with Crippen molar-refractivity contribution in [2.45, 2.75) is 12.5 Å². The zero-order valence-electron chi connectivity index (χ0n) is 19.2. The minimum atomic E-state index is -0.533. The minimum absolute atomic E-state index is 0.0608. The number of anilines is 2. The first kappa shape index (κ1) is 23.6. The van der Waals surface area contributed by atoms with E-state index in [1.54, 1.807) is 24.3 Å².